The van der Waals surface area contributed by atoms with Crippen molar-refractivity contribution in [3.63, 3.8) is 0 Å². The van der Waals surface area contributed by atoms with Gasteiger partial charge in [0.2, 0.25) is 5.91 Å². The Morgan fingerprint density at radius 2 is 2.08 bits per heavy atom. The molecule has 0 radical (unpaired) electrons. The third-order valence-electron chi connectivity index (χ3n) is 5.15. The first-order valence-corrected chi connectivity index (χ1v) is 10.2. The lowest BCUT2D eigenvalue weighted by Gasteiger charge is -2.47. The Hall–Kier alpha value is -1.69. The molecule has 0 bridgehead atoms. The highest BCUT2D eigenvalue weighted by molar-refractivity contribution is 7.09. The zero-order valence-electron chi connectivity index (χ0n) is 15.6. The molecule has 5 heteroatoms. The first kappa shape index (κ1) is 19.1. The second-order valence-electron chi connectivity index (χ2n) is 7.22. The Kier molecular flexibility index (Phi) is 6.12. The standard InChI is InChI=1S/C21H28N2O2S/c1-3-20(24)23(17-8-5-4-6-9-17)19-12-14-22(16-21(19,2)25)13-11-18-10-7-15-26-18/h4-10,15,19,25H,3,11-14,16H2,1-2H3. The van der Waals surface area contributed by atoms with Gasteiger partial charge in [-0.3, -0.25) is 9.69 Å². The average molecular weight is 373 g/mol. The summed E-state index contributed by atoms with van der Waals surface area (Å²) < 4.78 is 0. The molecule has 1 N–H and O–H groups in total. The number of rotatable bonds is 6. The number of carbonyl (C=O) groups is 1. The maximum absolute atomic E-state index is 12.7. The largest absolute Gasteiger partial charge is 0.387 e. The third-order valence-corrected chi connectivity index (χ3v) is 6.09. The van der Waals surface area contributed by atoms with Gasteiger partial charge >= 0.3 is 0 Å². The van der Waals surface area contributed by atoms with Crippen LogP contribution in [0, 0.1) is 0 Å². The molecule has 1 aromatic heterocycles. The van der Waals surface area contributed by atoms with Gasteiger partial charge in [-0.15, -0.1) is 11.3 Å². The molecule has 0 spiro atoms. The fraction of sp³-hybridized carbons (Fsp3) is 0.476. The Bertz CT molecular complexity index is 700. The van der Waals surface area contributed by atoms with Crippen molar-refractivity contribution < 1.29 is 9.90 Å². The van der Waals surface area contributed by atoms with Crippen molar-refractivity contribution in [1.29, 1.82) is 0 Å². The molecular formula is C21H28N2O2S. The number of hydrogen-bond acceptors (Lipinski definition) is 4. The van der Waals surface area contributed by atoms with Crippen molar-refractivity contribution in [3.05, 3.63) is 52.7 Å². The first-order valence-electron chi connectivity index (χ1n) is 9.35. The minimum absolute atomic E-state index is 0.0634. The van der Waals surface area contributed by atoms with E-state index in [2.05, 4.69) is 22.4 Å². The molecule has 140 valence electrons. The molecule has 2 aromatic rings. The van der Waals surface area contributed by atoms with Crippen LogP contribution in [0.5, 0.6) is 0 Å². The Labute approximate surface area is 160 Å². The maximum Gasteiger partial charge on any atom is 0.227 e. The van der Waals surface area contributed by atoms with E-state index in [9.17, 15) is 9.90 Å². The number of piperidine rings is 1. The van der Waals surface area contributed by atoms with Crippen LogP contribution < -0.4 is 4.90 Å². The molecule has 0 aliphatic carbocycles. The zero-order chi connectivity index (χ0) is 18.6. The Balaban J connectivity index is 1.72. The minimum atomic E-state index is -0.936. The highest BCUT2D eigenvalue weighted by atomic mass is 32.1. The van der Waals surface area contributed by atoms with Gasteiger partial charge in [0.15, 0.2) is 0 Å². The Morgan fingerprint density at radius 1 is 1.31 bits per heavy atom. The van der Waals surface area contributed by atoms with Crippen molar-refractivity contribution >= 4 is 22.9 Å². The third kappa shape index (κ3) is 4.34. The summed E-state index contributed by atoms with van der Waals surface area (Å²) in [4.78, 5) is 18.2. The van der Waals surface area contributed by atoms with E-state index in [1.807, 2.05) is 49.1 Å². The number of nitrogens with zero attached hydrogens (tertiary/aromatic N) is 2. The van der Waals surface area contributed by atoms with Crippen LogP contribution in [0.15, 0.2) is 47.8 Å². The van der Waals surface area contributed by atoms with Gasteiger partial charge in [0, 0.05) is 36.6 Å². The van der Waals surface area contributed by atoms with Crippen molar-refractivity contribution in [1.82, 2.24) is 4.90 Å². The van der Waals surface area contributed by atoms with Gasteiger partial charge in [-0.05, 0) is 43.3 Å². The zero-order valence-corrected chi connectivity index (χ0v) is 16.4. The highest BCUT2D eigenvalue weighted by Crippen LogP contribution is 2.31. The highest BCUT2D eigenvalue weighted by Gasteiger charge is 2.43. The summed E-state index contributed by atoms with van der Waals surface area (Å²) in [6.07, 6.45) is 2.22. The molecule has 3 rings (SSSR count). The molecule has 1 aromatic carbocycles. The monoisotopic (exact) mass is 372 g/mol. The molecule has 1 amide bonds. The molecule has 2 atom stereocenters. The van der Waals surface area contributed by atoms with Crippen LogP contribution in [0.2, 0.25) is 0 Å². The summed E-state index contributed by atoms with van der Waals surface area (Å²) in [5, 5.41) is 13.3. The van der Waals surface area contributed by atoms with Crippen molar-refractivity contribution in [2.45, 2.75) is 44.8 Å². The number of amides is 1. The molecule has 1 aliphatic heterocycles. The second kappa shape index (κ2) is 8.33. The van der Waals surface area contributed by atoms with E-state index in [0.29, 0.717) is 13.0 Å². The summed E-state index contributed by atoms with van der Waals surface area (Å²) >= 11 is 1.78. The normalized spacial score (nSPS) is 23.7. The van der Waals surface area contributed by atoms with Crippen molar-refractivity contribution in [3.8, 4) is 0 Å². The number of thiophene rings is 1. The lowest BCUT2D eigenvalue weighted by atomic mass is 9.87. The summed E-state index contributed by atoms with van der Waals surface area (Å²) in [6.45, 7) is 6.17. The second-order valence-corrected chi connectivity index (χ2v) is 8.25. The van der Waals surface area contributed by atoms with Crippen LogP contribution in [0.4, 0.5) is 5.69 Å². The predicted octanol–water partition coefficient (Wildman–Crippen LogP) is 3.56. The molecule has 2 heterocycles. The van der Waals surface area contributed by atoms with Crippen LogP contribution in [0.25, 0.3) is 0 Å². The topological polar surface area (TPSA) is 43.8 Å². The van der Waals surface area contributed by atoms with Crippen LogP contribution in [-0.4, -0.2) is 47.2 Å². The van der Waals surface area contributed by atoms with Gasteiger partial charge in [-0.2, -0.15) is 0 Å². The number of hydrogen-bond donors (Lipinski definition) is 1. The van der Waals surface area contributed by atoms with Crippen LogP contribution in [-0.2, 0) is 11.2 Å². The van der Waals surface area contributed by atoms with E-state index >= 15 is 0 Å². The predicted molar refractivity (Wildman–Crippen MR) is 108 cm³/mol. The number of likely N-dealkylation sites (tertiary alicyclic amines) is 1. The van der Waals surface area contributed by atoms with Crippen LogP contribution in [0.3, 0.4) is 0 Å². The number of carbonyl (C=O) groups excluding carboxylic acids is 1. The van der Waals surface area contributed by atoms with Gasteiger partial charge in [0.1, 0.15) is 0 Å². The molecule has 1 fully saturated rings. The number of para-hydroxylation sites is 1. The van der Waals surface area contributed by atoms with Gasteiger partial charge in [-0.25, -0.2) is 0 Å². The van der Waals surface area contributed by atoms with Crippen molar-refractivity contribution in [2.75, 3.05) is 24.5 Å². The molecule has 1 saturated heterocycles. The van der Waals surface area contributed by atoms with Gasteiger partial charge in [0.05, 0.1) is 11.6 Å². The lowest BCUT2D eigenvalue weighted by Crippen LogP contribution is -2.62. The lowest BCUT2D eigenvalue weighted by molar-refractivity contribution is -0.121. The summed E-state index contributed by atoms with van der Waals surface area (Å²) in [6, 6.07) is 13.8. The molecule has 0 saturated carbocycles. The van der Waals surface area contributed by atoms with E-state index in [1.54, 1.807) is 11.3 Å². The first-order chi connectivity index (χ1) is 12.5. The molecule has 4 nitrogen and oxygen atoms in total. The Morgan fingerprint density at radius 3 is 2.69 bits per heavy atom. The van der Waals surface area contributed by atoms with Crippen molar-refractivity contribution in [2.24, 2.45) is 0 Å². The average Bonchev–Trinajstić information content (AvgIpc) is 3.15. The molecular weight excluding hydrogens is 344 g/mol. The number of benzene rings is 1. The van der Waals surface area contributed by atoms with E-state index < -0.39 is 5.60 Å². The number of anilines is 1. The maximum atomic E-state index is 12.7. The smallest absolute Gasteiger partial charge is 0.227 e. The molecule has 2 unspecified atom stereocenters. The van der Waals surface area contributed by atoms with Gasteiger partial charge in [-0.1, -0.05) is 31.2 Å². The van der Waals surface area contributed by atoms with E-state index in [-0.39, 0.29) is 11.9 Å². The number of aliphatic hydroxyl groups is 1. The van der Waals surface area contributed by atoms with Crippen LogP contribution >= 0.6 is 11.3 Å². The van der Waals surface area contributed by atoms with E-state index in [4.69, 9.17) is 0 Å². The van der Waals surface area contributed by atoms with Gasteiger partial charge in [0.25, 0.3) is 0 Å². The summed E-state index contributed by atoms with van der Waals surface area (Å²) in [5.74, 6) is 0.0634. The van der Waals surface area contributed by atoms with Crippen LogP contribution in [0.1, 0.15) is 31.6 Å². The summed E-state index contributed by atoms with van der Waals surface area (Å²) in [5.41, 5.74) is -0.0642. The van der Waals surface area contributed by atoms with E-state index in [1.165, 1.54) is 4.88 Å². The van der Waals surface area contributed by atoms with E-state index in [0.717, 1.165) is 31.6 Å². The summed E-state index contributed by atoms with van der Waals surface area (Å²) in [7, 11) is 0. The number of β-amino-alcohol motifs (C(OH)–C–C–N with tert-alkyl or cyclic N) is 1. The molecule has 26 heavy (non-hydrogen) atoms. The fourth-order valence-electron chi connectivity index (χ4n) is 3.83. The fourth-order valence-corrected chi connectivity index (χ4v) is 4.53. The SMILES string of the molecule is CCC(=O)N(c1ccccc1)C1CCN(CCc2cccs2)CC1(C)O. The minimum Gasteiger partial charge on any atom is -0.387 e. The molecule has 1 aliphatic rings. The van der Waals surface area contributed by atoms with Gasteiger partial charge < -0.3 is 10.0 Å². The quantitative estimate of drug-likeness (QED) is 0.843.